The Balaban J connectivity index is 1.62. The number of hydrogen-bond acceptors (Lipinski definition) is 3. The molecule has 1 atom stereocenters. The molecule has 2 rings (SSSR count). The number of nitrogens with one attached hydrogen (secondary N) is 3. The van der Waals surface area contributed by atoms with Crippen LogP contribution in [0, 0.1) is 5.92 Å². The summed E-state index contributed by atoms with van der Waals surface area (Å²) in [6, 6.07) is 0. The number of carbonyl (C=O) groups is 2. The van der Waals surface area contributed by atoms with Crippen LogP contribution in [0.2, 0.25) is 0 Å². The summed E-state index contributed by atoms with van der Waals surface area (Å²) >= 11 is 0. The van der Waals surface area contributed by atoms with Gasteiger partial charge in [0, 0.05) is 38.3 Å². The molecule has 1 saturated heterocycles. The van der Waals surface area contributed by atoms with Gasteiger partial charge in [-0.1, -0.05) is 0 Å². The van der Waals surface area contributed by atoms with Crippen molar-refractivity contribution in [2.75, 3.05) is 13.1 Å². The Labute approximate surface area is 99.2 Å². The van der Waals surface area contributed by atoms with Gasteiger partial charge < -0.3 is 15.6 Å². The number of hydrogen-bond donors (Lipinski definition) is 3. The molecule has 0 aliphatic carbocycles. The van der Waals surface area contributed by atoms with Gasteiger partial charge in [-0.25, -0.2) is 4.98 Å². The van der Waals surface area contributed by atoms with E-state index >= 15 is 0 Å². The molecule has 1 aliphatic rings. The molecule has 0 saturated carbocycles. The monoisotopic (exact) mass is 236 g/mol. The lowest BCUT2D eigenvalue weighted by atomic mass is 10.1. The highest BCUT2D eigenvalue weighted by Crippen LogP contribution is 2.08. The average molecular weight is 236 g/mol. The van der Waals surface area contributed by atoms with Gasteiger partial charge in [-0.2, -0.15) is 0 Å². The summed E-state index contributed by atoms with van der Waals surface area (Å²) in [7, 11) is 0. The van der Waals surface area contributed by atoms with Crippen LogP contribution in [0.15, 0.2) is 12.4 Å². The molecule has 6 nitrogen and oxygen atoms in total. The van der Waals surface area contributed by atoms with Gasteiger partial charge in [0.15, 0.2) is 0 Å². The fraction of sp³-hybridized carbons (Fsp3) is 0.545. The Bertz CT molecular complexity index is 388. The number of amides is 2. The number of nitrogens with zero attached hydrogens (tertiary/aromatic N) is 1. The maximum absolute atomic E-state index is 11.6. The van der Waals surface area contributed by atoms with Crippen LogP contribution < -0.4 is 10.6 Å². The van der Waals surface area contributed by atoms with Crippen molar-refractivity contribution in [3.63, 3.8) is 0 Å². The first-order valence-electron chi connectivity index (χ1n) is 5.78. The third kappa shape index (κ3) is 3.30. The third-order valence-corrected chi connectivity index (χ3v) is 2.79. The van der Waals surface area contributed by atoms with Crippen LogP contribution in [-0.4, -0.2) is 34.9 Å². The first-order chi connectivity index (χ1) is 8.25. The van der Waals surface area contributed by atoms with E-state index in [0.29, 0.717) is 19.5 Å². The minimum absolute atomic E-state index is 0.0391. The lowest BCUT2D eigenvalue weighted by Gasteiger charge is -2.08. The lowest BCUT2D eigenvalue weighted by molar-refractivity contribution is -0.126. The summed E-state index contributed by atoms with van der Waals surface area (Å²) in [5.41, 5.74) is 0. The summed E-state index contributed by atoms with van der Waals surface area (Å²) in [4.78, 5) is 29.7. The van der Waals surface area contributed by atoms with Crippen LogP contribution in [0.1, 0.15) is 18.7 Å². The molecule has 0 aromatic carbocycles. The van der Waals surface area contributed by atoms with Crippen molar-refractivity contribution < 1.29 is 9.59 Å². The third-order valence-electron chi connectivity index (χ3n) is 2.79. The highest BCUT2D eigenvalue weighted by Gasteiger charge is 2.27. The van der Waals surface area contributed by atoms with Gasteiger partial charge >= 0.3 is 0 Å². The summed E-state index contributed by atoms with van der Waals surface area (Å²) in [5, 5.41) is 5.48. The molecule has 1 fully saturated rings. The number of aryl methyl sites for hydroxylation is 1. The molecule has 1 aliphatic heterocycles. The molecule has 6 heteroatoms. The normalized spacial score (nSPS) is 19.1. The summed E-state index contributed by atoms with van der Waals surface area (Å²) in [6.45, 7) is 1.08. The van der Waals surface area contributed by atoms with Crippen LogP contribution in [0.5, 0.6) is 0 Å². The zero-order valence-electron chi connectivity index (χ0n) is 9.53. The van der Waals surface area contributed by atoms with E-state index < -0.39 is 0 Å². The summed E-state index contributed by atoms with van der Waals surface area (Å²) < 4.78 is 0. The van der Waals surface area contributed by atoms with E-state index in [1.54, 1.807) is 12.4 Å². The van der Waals surface area contributed by atoms with E-state index in [4.69, 9.17) is 0 Å². The molecule has 3 N–H and O–H groups in total. The molecule has 0 spiro atoms. The zero-order chi connectivity index (χ0) is 12.1. The molecule has 2 heterocycles. The van der Waals surface area contributed by atoms with Gasteiger partial charge in [-0.15, -0.1) is 0 Å². The minimum atomic E-state index is -0.203. The number of aromatic amines is 1. The second kappa shape index (κ2) is 5.47. The largest absolute Gasteiger partial charge is 0.356 e. The number of aromatic nitrogens is 2. The van der Waals surface area contributed by atoms with Gasteiger partial charge in [-0.05, 0) is 6.42 Å². The molecular weight excluding hydrogens is 220 g/mol. The first kappa shape index (κ1) is 11.6. The quantitative estimate of drug-likeness (QED) is 0.608. The predicted octanol–water partition coefficient (Wildman–Crippen LogP) is -0.405. The Hall–Kier alpha value is -1.85. The molecule has 0 radical (unpaired) electrons. The minimum Gasteiger partial charge on any atom is -0.356 e. The van der Waals surface area contributed by atoms with Crippen molar-refractivity contribution in [2.45, 2.75) is 19.3 Å². The lowest BCUT2D eigenvalue weighted by Crippen LogP contribution is -2.32. The molecule has 2 amide bonds. The second-order valence-electron chi connectivity index (χ2n) is 4.14. The average Bonchev–Trinajstić information content (AvgIpc) is 2.95. The van der Waals surface area contributed by atoms with Crippen molar-refractivity contribution in [1.82, 2.24) is 20.6 Å². The second-order valence-corrected chi connectivity index (χ2v) is 4.14. The zero-order valence-corrected chi connectivity index (χ0v) is 9.53. The number of rotatable bonds is 5. The van der Waals surface area contributed by atoms with Gasteiger partial charge in [0.2, 0.25) is 11.8 Å². The summed E-state index contributed by atoms with van der Waals surface area (Å²) in [5.74, 6) is 0.645. The van der Waals surface area contributed by atoms with E-state index in [2.05, 4.69) is 20.6 Å². The molecule has 1 aromatic heterocycles. The SMILES string of the molecule is O=C1CC(C(=O)NCCCc2ncc[nH]2)CN1. The van der Waals surface area contributed by atoms with Crippen LogP contribution in [0.25, 0.3) is 0 Å². The molecular formula is C11H16N4O2. The number of carbonyl (C=O) groups excluding carboxylic acids is 2. The molecule has 17 heavy (non-hydrogen) atoms. The number of H-pyrrole nitrogens is 1. The fourth-order valence-corrected chi connectivity index (χ4v) is 1.84. The van der Waals surface area contributed by atoms with Crippen molar-refractivity contribution in [2.24, 2.45) is 5.92 Å². The Kier molecular flexibility index (Phi) is 3.74. The van der Waals surface area contributed by atoms with Crippen molar-refractivity contribution in [3.05, 3.63) is 18.2 Å². The maximum atomic E-state index is 11.6. The van der Waals surface area contributed by atoms with E-state index in [9.17, 15) is 9.59 Å². The van der Waals surface area contributed by atoms with Crippen molar-refractivity contribution >= 4 is 11.8 Å². The van der Waals surface area contributed by atoms with Gasteiger partial charge in [-0.3, -0.25) is 9.59 Å². The maximum Gasteiger partial charge on any atom is 0.225 e. The Morgan fingerprint density at radius 3 is 3.12 bits per heavy atom. The Morgan fingerprint density at radius 2 is 2.47 bits per heavy atom. The topological polar surface area (TPSA) is 86.9 Å². The van der Waals surface area contributed by atoms with E-state index in [0.717, 1.165) is 18.7 Å². The fourth-order valence-electron chi connectivity index (χ4n) is 1.84. The van der Waals surface area contributed by atoms with Crippen molar-refractivity contribution in [1.29, 1.82) is 0 Å². The summed E-state index contributed by atoms with van der Waals surface area (Å²) in [6.07, 6.45) is 5.46. The van der Waals surface area contributed by atoms with Crippen molar-refractivity contribution in [3.8, 4) is 0 Å². The smallest absolute Gasteiger partial charge is 0.225 e. The molecule has 92 valence electrons. The van der Waals surface area contributed by atoms with E-state index in [1.807, 2.05) is 0 Å². The standard InChI is InChI=1S/C11H16N4O2/c16-10-6-8(7-15-10)11(17)14-3-1-2-9-12-4-5-13-9/h4-5,8H,1-3,6-7H2,(H,12,13)(H,14,17)(H,15,16). The Morgan fingerprint density at radius 1 is 1.59 bits per heavy atom. The van der Waals surface area contributed by atoms with E-state index in [1.165, 1.54) is 0 Å². The molecule has 1 aromatic rings. The molecule has 1 unspecified atom stereocenters. The highest BCUT2D eigenvalue weighted by molar-refractivity contribution is 5.89. The van der Waals surface area contributed by atoms with Crippen LogP contribution in [0.3, 0.4) is 0 Å². The van der Waals surface area contributed by atoms with E-state index in [-0.39, 0.29) is 17.7 Å². The molecule has 0 bridgehead atoms. The predicted molar refractivity (Wildman–Crippen MR) is 61.0 cm³/mol. The van der Waals surface area contributed by atoms with Crippen LogP contribution in [-0.2, 0) is 16.0 Å². The first-order valence-corrected chi connectivity index (χ1v) is 5.78. The highest BCUT2D eigenvalue weighted by atomic mass is 16.2. The van der Waals surface area contributed by atoms with Crippen LogP contribution >= 0.6 is 0 Å². The van der Waals surface area contributed by atoms with Gasteiger partial charge in [0.05, 0.1) is 5.92 Å². The van der Waals surface area contributed by atoms with Crippen LogP contribution in [0.4, 0.5) is 0 Å². The number of imidazole rings is 1. The van der Waals surface area contributed by atoms with Gasteiger partial charge in [0.1, 0.15) is 5.82 Å². The van der Waals surface area contributed by atoms with Gasteiger partial charge in [0.25, 0.3) is 0 Å².